The summed E-state index contributed by atoms with van der Waals surface area (Å²) in [4.78, 5) is 46.3. The molecule has 0 saturated carbocycles. The van der Waals surface area contributed by atoms with Gasteiger partial charge in [-0.25, -0.2) is 14.8 Å². The third kappa shape index (κ3) is 5.85. The first-order valence-electron chi connectivity index (χ1n) is 7.68. The third-order valence-corrected chi connectivity index (χ3v) is 4.78. The summed E-state index contributed by atoms with van der Waals surface area (Å²) in [6, 6.07) is 1.16. The van der Waals surface area contributed by atoms with Crippen molar-refractivity contribution in [2.24, 2.45) is 5.92 Å². The number of hydrogen-bond acceptors (Lipinski definition) is 9. The van der Waals surface area contributed by atoms with Gasteiger partial charge in [-0.15, -0.1) is 0 Å². The fourth-order valence-corrected chi connectivity index (χ4v) is 3.32. The molecule has 1 amide bonds. The number of nitrogens with two attached hydrogens (primary N) is 1. The van der Waals surface area contributed by atoms with Crippen LogP contribution in [0.5, 0.6) is 0 Å². The van der Waals surface area contributed by atoms with Crippen LogP contribution in [0.2, 0.25) is 0 Å². The molecule has 0 bridgehead atoms. The molecule has 0 unspecified atom stereocenters. The van der Waals surface area contributed by atoms with Crippen LogP contribution >= 0.6 is 23.1 Å². The lowest BCUT2D eigenvalue weighted by atomic mass is 10.2. The molecule has 0 aliphatic carbocycles. The molecular weight excluding hydrogens is 378 g/mol. The van der Waals surface area contributed by atoms with Crippen molar-refractivity contribution < 1.29 is 14.3 Å². The Morgan fingerprint density at radius 3 is 2.81 bits per heavy atom. The van der Waals surface area contributed by atoms with E-state index in [1.165, 1.54) is 0 Å². The maximum atomic E-state index is 12.0. The Bertz CT molecular complexity index is 862. The highest BCUT2D eigenvalue weighted by Crippen LogP contribution is 2.24. The Labute approximate surface area is 157 Å². The predicted molar refractivity (Wildman–Crippen MR) is 101 cm³/mol. The molecule has 0 saturated heterocycles. The Hall–Kier alpha value is -2.40. The first-order valence-corrected chi connectivity index (χ1v) is 9.49. The monoisotopic (exact) mass is 397 g/mol. The number of amides is 1. The van der Waals surface area contributed by atoms with Gasteiger partial charge >= 0.3 is 5.97 Å². The number of carbonyl (C=O) groups excluding carboxylic acids is 2. The molecular formula is C15H19N5O4S2. The van der Waals surface area contributed by atoms with Gasteiger partial charge in [-0.2, -0.15) is 0 Å². The summed E-state index contributed by atoms with van der Waals surface area (Å²) in [5.41, 5.74) is 5.59. The van der Waals surface area contributed by atoms with Gasteiger partial charge in [0.2, 0.25) is 5.91 Å². The lowest BCUT2D eigenvalue weighted by molar-refractivity contribution is -0.113. The molecule has 0 fully saturated rings. The van der Waals surface area contributed by atoms with E-state index in [0.717, 1.165) is 29.2 Å². The van der Waals surface area contributed by atoms with Crippen LogP contribution in [0.25, 0.3) is 0 Å². The van der Waals surface area contributed by atoms with Crippen LogP contribution in [0.1, 0.15) is 29.2 Å². The number of thiazole rings is 1. The van der Waals surface area contributed by atoms with E-state index >= 15 is 0 Å². The number of nitrogens with one attached hydrogen (secondary N) is 2. The molecule has 11 heteroatoms. The van der Waals surface area contributed by atoms with E-state index in [0.29, 0.717) is 22.3 Å². The number of rotatable bonds is 7. The number of ether oxygens (including phenoxy) is 1. The van der Waals surface area contributed by atoms with Crippen molar-refractivity contribution in [3.8, 4) is 0 Å². The summed E-state index contributed by atoms with van der Waals surface area (Å²) < 4.78 is 5.18. The Kier molecular flexibility index (Phi) is 6.75. The summed E-state index contributed by atoms with van der Waals surface area (Å²) in [6.07, 6.45) is 0. The van der Waals surface area contributed by atoms with Crippen molar-refractivity contribution in [1.29, 1.82) is 0 Å². The molecule has 0 atom stereocenters. The maximum Gasteiger partial charge on any atom is 0.350 e. The van der Waals surface area contributed by atoms with Gasteiger partial charge in [-0.05, 0) is 12.8 Å². The quantitative estimate of drug-likeness (QED) is 0.364. The van der Waals surface area contributed by atoms with Gasteiger partial charge in [0.05, 0.1) is 18.1 Å². The van der Waals surface area contributed by atoms with Gasteiger partial charge in [0.25, 0.3) is 5.56 Å². The molecule has 2 aromatic heterocycles. The molecule has 0 aromatic carbocycles. The summed E-state index contributed by atoms with van der Waals surface area (Å²) in [6.45, 7) is 5.88. The van der Waals surface area contributed by atoms with E-state index in [1.807, 2.05) is 13.8 Å². The number of anilines is 2. The Morgan fingerprint density at radius 2 is 2.15 bits per heavy atom. The summed E-state index contributed by atoms with van der Waals surface area (Å²) >= 11 is 2.09. The number of H-pyrrole nitrogens is 1. The average molecular weight is 397 g/mol. The molecule has 0 spiro atoms. The standard InChI is InChI=1S/C15H19N5O4S2/c1-7(2)5-24-13(23)12-8(3)17-15(26-12)20-11(22)6-25-14-18-9(16)4-10(21)19-14/h4,7H,5-6H2,1-3H3,(H,17,20,22)(H3,16,18,19,21). The van der Waals surface area contributed by atoms with Crippen LogP contribution in [-0.4, -0.2) is 39.2 Å². The number of hydrogen-bond donors (Lipinski definition) is 3. The van der Waals surface area contributed by atoms with Crippen LogP contribution in [0.4, 0.5) is 10.9 Å². The average Bonchev–Trinajstić information content (AvgIpc) is 2.90. The van der Waals surface area contributed by atoms with Crippen molar-refractivity contribution in [3.63, 3.8) is 0 Å². The molecule has 9 nitrogen and oxygen atoms in total. The maximum absolute atomic E-state index is 12.0. The highest BCUT2D eigenvalue weighted by atomic mass is 32.2. The van der Waals surface area contributed by atoms with Gasteiger partial charge in [0, 0.05) is 6.07 Å². The largest absolute Gasteiger partial charge is 0.461 e. The molecule has 26 heavy (non-hydrogen) atoms. The number of aromatic amines is 1. The van der Waals surface area contributed by atoms with Crippen molar-refractivity contribution in [3.05, 3.63) is 27.0 Å². The van der Waals surface area contributed by atoms with E-state index in [2.05, 4.69) is 20.3 Å². The smallest absolute Gasteiger partial charge is 0.350 e. The zero-order valence-corrected chi connectivity index (χ0v) is 16.1. The third-order valence-electron chi connectivity index (χ3n) is 2.86. The summed E-state index contributed by atoms with van der Waals surface area (Å²) in [5.74, 6) is -0.494. The summed E-state index contributed by atoms with van der Waals surface area (Å²) in [7, 11) is 0. The Balaban J connectivity index is 1.93. The van der Waals surface area contributed by atoms with E-state index in [1.54, 1.807) is 6.92 Å². The van der Waals surface area contributed by atoms with Crippen LogP contribution in [0.3, 0.4) is 0 Å². The number of nitrogen functional groups attached to an aromatic ring is 1. The van der Waals surface area contributed by atoms with Crippen molar-refractivity contribution in [2.75, 3.05) is 23.4 Å². The Morgan fingerprint density at radius 1 is 1.42 bits per heavy atom. The molecule has 140 valence electrons. The number of thioether (sulfide) groups is 1. The molecule has 2 aromatic rings. The minimum Gasteiger partial charge on any atom is -0.461 e. The lowest BCUT2D eigenvalue weighted by Gasteiger charge is -2.05. The number of nitrogens with zero attached hydrogens (tertiary/aromatic N) is 2. The van der Waals surface area contributed by atoms with Crippen LogP contribution in [0, 0.1) is 12.8 Å². The van der Waals surface area contributed by atoms with Crippen molar-refractivity contribution >= 4 is 45.9 Å². The van der Waals surface area contributed by atoms with Crippen molar-refractivity contribution in [1.82, 2.24) is 15.0 Å². The first kappa shape index (κ1) is 19.9. The minimum absolute atomic E-state index is 0.00184. The minimum atomic E-state index is -0.454. The fourth-order valence-electron chi connectivity index (χ4n) is 1.76. The second-order valence-corrected chi connectivity index (χ2v) is 7.70. The molecule has 0 aliphatic rings. The number of aromatic nitrogens is 3. The van der Waals surface area contributed by atoms with Gasteiger partial charge in [0.15, 0.2) is 10.3 Å². The predicted octanol–water partition coefficient (Wildman–Crippen LogP) is 1.66. The molecule has 0 radical (unpaired) electrons. The molecule has 0 aliphatic heterocycles. The van der Waals surface area contributed by atoms with Gasteiger partial charge in [-0.1, -0.05) is 36.9 Å². The zero-order chi connectivity index (χ0) is 19.3. The summed E-state index contributed by atoms with van der Waals surface area (Å²) in [5, 5.41) is 3.16. The lowest BCUT2D eigenvalue weighted by Crippen LogP contribution is -2.15. The van der Waals surface area contributed by atoms with Crippen LogP contribution in [0.15, 0.2) is 16.0 Å². The first-order chi connectivity index (χ1) is 12.2. The number of carbonyl (C=O) groups is 2. The molecule has 2 rings (SSSR count). The SMILES string of the molecule is Cc1nc(NC(=O)CSc2nc(N)cc(=O)[nH]2)sc1C(=O)OCC(C)C. The van der Waals surface area contributed by atoms with Gasteiger partial charge in [-0.3, -0.25) is 9.59 Å². The van der Waals surface area contributed by atoms with Crippen LogP contribution in [-0.2, 0) is 9.53 Å². The second-order valence-electron chi connectivity index (χ2n) is 5.74. The topological polar surface area (TPSA) is 140 Å². The van der Waals surface area contributed by atoms with E-state index in [-0.39, 0.29) is 34.1 Å². The van der Waals surface area contributed by atoms with Crippen LogP contribution < -0.4 is 16.6 Å². The second kappa shape index (κ2) is 8.81. The van der Waals surface area contributed by atoms with E-state index < -0.39 is 5.97 Å². The van der Waals surface area contributed by atoms with E-state index in [9.17, 15) is 14.4 Å². The van der Waals surface area contributed by atoms with E-state index in [4.69, 9.17) is 10.5 Å². The number of esters is 1. The normalized spacial score (nSPS) is 10.8. The van der Waals surface area contributed by atoms with Gasteiger partial charge < -0.3 is 20.8 Å². The van der Waals surface area contributed by atoms with Gasteiger partial charge in [0.1, 0.15) is 10.7 Å². The highest BCUT2D eigenvalue weighted by Gasteiger charge is 2.18. The molecule has 4 N–H and O–H groups in total. The zero-order valence-electron chi connectivity index (χ0n) is 14.5. The number of aryl methyl sites for hydroxylation is 1. The fraction of sp³-hybridized carbons (Fsp3) is 0.400. The highest BCUT2D eigenvalue weighted by molar-refractivity contribution is 7.99. The van der Waals surface area contributed by atoms with Crippen molar-refractivity contribution in [2.45, 2.75) is 25.9 Å². The molecule has 2 heterocycles.